The maximum atomic E-state index is 12.8. The Morgan fingerprint density at radius 2 is 1.55 bits per heavy atom. The topological polar surface area (TPSA) is 78.9 Å². The van der Waals surface area contributed by atoms with Crippen molar-refractivity contribution >= 4 is 23.1 Å². The fraction of sp³-hybridized carbons (Fsp3) is 0.364. The van der Waals surface area contributed by atoms with Gasteiger partial charge in [0.15, 0.2) is 0 Å². The van der Waals surface area contributed by atoms with Crippen molar-refractivity contribution in [1.29, 1.82) is 0 Å². The van der Waals surface area contributed by atoms with Crippen LogP contribution in [0, 0.1) is 12.3 Å². The van der Waals surface area contributed by atoms with E-state index in [0.717, 1.165) is 11.1 Å². The second-order valence-electron chi connectivity index (χ2n) is 7.52. The van der Waals surface area contributed by atoms with Crippen LogP contribution in [0.25, 0.3) is 0 Å². The van der Waals surface area contributed by atoms with Crippen molar-refractivity contribution in [3.63, 3.8) is 0 Å². The molecule has 0 heterocycles. The van der Waals surface area contributed by atoms with Crippen LogP contribution in [0.1, 0.15) is 38.8 Å². The Bertz CT molecular complexity index is 876. The number of benzene rings is 2. The standard InChI is InChI=1S/C22H26O6S/c1-16-11-13-19(14-12-16)28-29(25)26-15-22(5,17(2)23)20(24)27-21(3,4)18-9-7-6-8-10-18/h6-14H,15H2,1-5H3. The summed E-state index contributed by atoms with van der Waals surface area (Å²) >= 11 is -2.18. The molecule has 0 amide bonds. The molecule has 6 nitrogen and oxygen atoms in total. The third kappa shape index (κ3) is 5.98. The van der Waals surface area contributed by atoms with Crippen LogP contribution in [0.4, 0.5) is 0 Å². The van der Waals surface area contributed by atoms with E-state index in [1.807, 2.05) is 37.3 Å². The Labute approximate surface area is 174 Å². The Morgan fingerprint density at radius 1 is 0.966 bits per heavy atom. The molecule has 2 atom stereocenters. The molecule has 156 valence electrons. The van der Waals surface area contributed by atoms with Gasteiger partial charge in [0, 0.05) is 0 Å². The number of hydrogen-bond acceptors (Lipinski definition) is 6. The van der Waals surface area contributed by atoms with E-state index in [9.17, 15) is 13.8 Å². The van der Waals surface area contributed by atoms with E-state index in [1.165, 1.54) is 13.8 Å². The minimum Gasteiger partial charge on any atom is -0.454 e. The van der Waals surface area contributed by atoms with E-state index >= 15 is 0 Å². The zero-order chi connectivity index (χ0) is 21.7. The summed E-state index contributed by atoms with van der Waals surface area (Å²) in [6, 6.07) is 16.1. The lowest BCUT2D eigenvalue weighted by molar-refractivity contribution is -0.173. The molecule has 7 heteroatoms. The highest BCUT2D eigenvalue weighted by Crippen LogP contribution is 2.30. The van der Waals surface area contributed by atoms with Gasteiger partial charge < -0.3 is 8.92 Å². The number of hydrogen-bond donors (Lipinski definition) is 0. The van der Waals surface area contributed by atoms with Crippen LogP contribution in [0.5, 0.6) is 5.75 Å². The van der Waals surface area contributed by atoms with Crippen LogP contribution in [0.15, 0.2) is 54.6 Å². The van der Waals surface area contributed by atoms with Gasteiger partial charge in [-0.25, -0.2) is 0 Å². The van der Waals surface area contributed by atoms with Gasteiger partial charge in [-0.1, -0.05) is 48.0 Å². The van der Waals surface area contributed by atoms with Crippen LogP contribution < -0.4 is 4.18 Å². The molecule has 0 aliphatic heterocycles. The van der Waals surface area contributed by atoms with Crippen molar-refractivity contribution in [2.24, 2.45) is 5.41 Å². The first-order chi connectivity index (χ1) is 13.5. The number of carbonyl (C=O) groups is 2. The van der Waals surface area contributed by atoms with Crippen molar-refractivity contribution in [1.82, 2.24) is 0 Å². The number of carbonyl (C=O) groups excluding carboxylic acids is 2. The molecule has 0 spiro atoms. The Morgan fingerprint density at radius 3 is 2.10 bits per heavy atom. The van der Waals surface area contributed by atoms with E-state index in [4.69, 9.17) is 13.1 Å². The van der Waals surface area contributed by atoms with Crippen molar-refractivity contribution < 1.29 is 26.9 Å². The molecule has 2 rings (SSSR count). The van der Waals surface area contributed by atoms with Crippen LogP contribution in [-0.2, 0) is 35.5 Å². The number of rotatable bonds is 9. The number of esters is 1. The molecule has 2 aromatic carbocycles. The summed E-state index contributed by atoms with van der Waals surface area (Å²) in [5.74, 6) is -0.865. The summed E-state index contributed by atoms with van der Waals surface area (Å²) in [6.45, 7) is 7.62. The maximum absolute atomic E-state index is 12.8. The lowest BCUT2D eigenvalue weighted by Gasteiger charge is -2.31. The first kappa shape index (κ1) is 22.8. The van der Waals surface area contributed by atoms with E-state index < -0.39 is 40.7 Å². The van der Waals surface area contributed by atoms with Gasteiger partial charge in [-0.2, -0.15) is 4.21 Å². The number of aryl methyl sites for hydroxylation is 1. The second-order valence-corrected chi connectivity index (χ2v) is 8.33. The number of Topliss-reactive ketones (excluding diaryl/α,β-unsaturated/α-hetero) is 1. The van der Waals surface area contributed by atoms with Crippen LogP contribution >= 0.6 is 0 Å². The molecule has 2 unspecified atom stereocenters. The molecule has 29 heavy (non-hydrogen) atoms. The average Bonchev–Trinajstić information content (AvgIpc) is 2.68. The zero-order valence-electron chi connectivity index (χ0n) is 17.3. The van der Waals surface area contributed by atoms with Gasteiger partial charge in [0.05, 0.1) is 6.61 Å². The fourth-order valence-corrected chi connectivity index (χ4v) is 3.06. The highest BCUT2D eigenvalue weighted by Gasteiger charge is 2.44. The van der Waals surface area contributed by atoms with E-state index in [0.29, 0.717) is 5.75 Å². The molecular formula is C22H26O6S. The van der Waals surface area contributed by atoms with Gasteiger partial charge in [0.1, 0.15) is 22.5 Å². The molecular weight excluding hydrogens is 392 g/mol. The maximum Gasteiger partial charge on any atom is 0.360 e. The minimum atomic E-state index is -2.18. The van der Waals surface area contributed by atoms with Crippen molar-refractivity contribution in [2.75, 3.05) is 6.61 Å². The van der Waals surface area contributed by atoms with E-state index in [1.54, 1.807) is 38.1 Å². The zero-order valence-corrected chi connectivity index (χ0v) is 18.1. The van der Waals surface area contributed by atoms with Crippen LogP contribution in [0.3, 0.4) is 0 Å². The van der Waals surface area contributed by atoms with Gasteiger partial charge in [-0.15, -0.1) is 0 Å². The summed E-state index contributed by atoms with van der Waals surface area (Å²) in [7, 11) is 0. The Balaban J connectivity index is 2.05. The molecule has 0 fully saturated rings. The summed E-state index contributed by atoms with van der Waals surface area (Å²) in [6.07, 6.45) is 0. The van der Waals surface area contributed by atoms with Crippen molar-refractivity contribution in [3.05, 3.63) is 65.7 Å². The highest BCUT2D eigenvalue weighted by molar-refractivity contribution is 7.75. The molecule has 0 aliphatic rings. The fourth-order valence-electron chi connectivity index (χ4n) is 2.41. The van der Waals surface area contributed by atoms with E-state index in [-0.39, 0.29) is 0 Å². The molecule has 0 aliphatic carbocycles. The number of ether oxygens (including phenoxy) is 1. The van der Waals surface area contributed by atoms with Crippen molar-refractivity contribution in [2.45, 2.75) is 40.2 Å². The molecule has 0 radical (unpaired) electrons. The third-order valence-electron chi connectivity index (χ3n) is 4.67. The average molecular weight is 419 g/mol. The lowest BCUT2D eigenvalue weighted by atomic mass is 9.87. The highest BCUT2D eigenvalue weighted by atomic mass is 32.2. The summed E-state index contributed by atoms with van der Waals surface area (Å²) < 4.78 is 28.1. The Hall–Kier alpha value is -2.51. The first-order valence-electron chi connectivity index (χ1n) is 9.14. The SMILES string of the molecule is CC(=O)C(C)(COS(=O)Oc1ccc(C)cc1)C(=O)OC(C)(C)c1ccccc1. The van der Waals surface area contributed by atoms with Crippen LogP contribution in [-0.4, -0.2) is 22.6 Å². The van der Waals surface area contributed by atoms with Gasteiger partial charge in [0.25, 0.3) is 0 Å². The van der Waals surface area contributed by atoms with Gasteiger partial charge >= 0.3 is 17.3 Å². The molecule has 0 bridgehead atoms. The molecule has 2 aromatic rings. The largest absolute Gasteiger partial charge is 0.454 e. The molecule has 0 saturated carbocycles. The molecule has 0 aromatic heterocycles. The predicted molar refractivity (Wildman–Crippen MR) is 110 cm³/mol. The van der Waals surface area contributed by atoms with E-state index in [2.05, 4.69) is 0 Å². The smallest absolute Gasteiger partial charge is 0.360 e. The molecule has 0 N–H and O–H groups in total. The number of ketones is 1. The summed E-state index contributed by atoms with van der Waals surface area (Å²) in [5.41, 5.74) is -0.770. The summed E-state index contributed by atoms with van der Waals surface area (Å²) in [5, 5.41) is 0. The van der Waals surface area contributed by atoms with Crippen LogP contribution in [0.2, 0.25) is 0 Å². The lowest BCUT2D eigenvalue weighted by Crippen LogP contribution is -2.44. The normalized spacial score (nSPS) is 14.5. The van der Waals surface area contributed by atoms with Gasteiger partial charge in [-0.3, -0.25) is 13.8 Å². The minimum absolute atomic E-state index is 0.353. The van der Waals surface area contributed by atoms with Gasteiger partial charge in [0.2, 0.25) is 0 Å². The van der Waals surface area contributed by atoms with Crippen molar-refractivity contribution in [3.8, 4) is 5.75 Å². The Kier molecular flexibility index (Phi) is 7.32. The monoisotopic (exact) mass is 418 g/mol. The summed E-state index contributed by atoms with van der Waals surface area (Å²) in [4.78, 5) is 25.1. The predicted octanol–water partition coefficient (Wildman–Crippen LogP) is 4.04. The van der Waals surface area contributed by atoms with Gasteiger partial charge in [-0.05, 0) is 52.3 Å². The quantitative estimate of drug-likeness (QED) is 0.452. The first-order valence-corrected chi connectivity index (χ1v) is 10.1. The third-order valence-corrected chi connectivity index (χ3v) is 5.31. The second kappa shape index (κ2) is 9.33. The molecule has 0 saturated heterocycles.